The van der Waals surface area contributed by atoms with Crippen molar-refractivity contribution in [3.05, 3.63) is 29.6 Å². The summed E-state index contributed by atoms with van der Waals surface area (Å²) in [7, 11) is 0. The van der Waals surface area contributed by atoms with E-state index >= 15 is 0 Å². The van der Waals surface area contributed by atoms with E-state index in [0.29, 0.717) is 30.9 Å². The predicted molar refractivity (Wildman–Crippen MR) is 83.4 cm³/mol. The molecular formula is C16H25FN2O3. The fourth-order valence-electron chi connectivity index (χ4n) is 1.77. The number of hydrogen-bond acceptors (Lipinski definition) is 4. The standard InChI is InChI=1S/C16H25FN2O3/c1-11(18)13-10-12(17)6-7-14(13)21-9-5-8-19-15(20)22-16(2,3)4/h6-7,10-11H,5,8-9,18H2,1-4H3,(H,19,20). The van der Waals surface area contributed by atoms with Gasteiger partial charge in [-0.15, -0.1) is 0 Å². The Kier molecular flexibility index (Phi) is 6.61. The first-order chi connectivity index (χ1) is 10.2. The number of amides is 1. The Morgan fingerprint density at radius 3 is 2.68 bits per heavy atom. The minimum Gasteiger partial charge on any atom is -0.493 e. The Balaban J connectivity index is 2.35. The molecule has 0 fully saturated rings. The Hall–Kier alpha value is -1.82. The lowest BCUT2D eigenvalue weighted by Gasteiger charge is -2.19. The van der Waals surface area contributed by atoms with Gasteiger partial charge in [0.2, 0.25) is 0 Å². The number of nitrogens with two attached hydrogens (primary N) is 1. The van der Waals surface area contributed by atoms with Crippen molar-refractivity contribution in [2.45, 2.75) is 45.8 Å². The molecule has 0 aromatic heterocycles. The minimum absolute atomic E-state index is 0.314. The van der Waals surface area contributed by atoms with Gasteiger partial charge in [-0.05, 0) is 52.3 Å². The van der Waals surface area contributed by atoms with Crippen LogP contribution in [0.15, 0.2) is 18.2 Å². The van der Waals surface area contributed by atoms with Gasteiger partial charge in [-0.3, -0.25) is 0 Å². The average molecular weight is 312 g/mol. The van der Waals surface area contributed by atoms with E-state index in [1.54, 1.807) is 33.8 Å². The number of alkyl carbamates (subject to hydrolysis) is 1. The molecule has 0 bridgehead atoms. The second-order valence-corrected chi connectivity index (χ2v) is 6.10. The van der Waals surface area contributed by atoms with Gasteiger partial charge in [0.25, 0.3) is 0 Å². The van der Waals surface area contributed by atoms with Crippen LogP contribution >= 0.6 is 0 Å². The van der Waals surface area contributed by atoms with Crippen LogP contribution in [0.2, 0.25) is 0 Å². The van der Waals surface area contributed by atoms with Gasteiger partial charge >= 0.3 is 6.09 Å². The van der Waals surface area contributed by atoms with Crippen LogP contribution in [0.3, 0.4) is 0 Å². The lowest BCUT2D eigenvalue weighted by atomic mass is 10.1. The Bertz CT molecular complexity index is 499. The van der Waals surface area contributed by atoms with Crippen molar-refractivity contribution in [2.75, 3.05) is 13.2 Å². The first-order valence-corrected chi connectivity index (χ1v) is 7.34. The third kappa shape index (κ3) is 6.76. The summed E-state index contributed by atoms with van der Waals surface area (Å²) in [6.07, 6.45) is 0.153. The van der Waals surface area contributed by atoms with Gasteiger partial charge in [-0.2, -0.15) is 0 Å². The number of halogens is 1. The summed E-state index contributed by atoms with van der Waals surface area (Å²) >= 11 is 0. The fourth-order valence-corrected chi connectivity index (χ4v) is 1.77. The molecular weight excluding hydrogens is 287 g/mol. The van der Waals surface area contributed by atoms with Crippen LogP contribution < -0.4 is 15.8 Å². The molecule has 1 rings (SSSR count). The van der Waals surface area contributed by atoms with Crippen molar-refractivity contribution >= 4 is 6.09 Å². The molecule has 1 aromatic rings. The van der Waals surface area contributed by atoms with E-state index < -0.39 is 11.7 Å². The van der Waals surface area contributed by atoms with Crippen molar-refractivity contribution in [1.82, 2.24) is 5.32 Å². The quantitative estimate of drug-likeness (QED) is 0.791. The molecule has 1 amide bonds. The SMILES string of the molecule is CC(N)c1cc(F)ccc1OCCCNC(=O)OC(C)(C)C. The molecule has 0 saturated heterocycles. The molecule has 22 heavy (non-hydrogen) atoms. The zero-order valence-electron chi connectivity index (χ0n) is 13.6. The smallest absolute Gasteiger partial charge is 0.407 e. The molecule has 0 spiro atoms. The highest BCUT2D eigenvalue weighted by molar-refractivity contribution is 5.67. The first-order valence-electron chi connectivity index (χ1n) is 7.34. The maximum absolute atomic E-state index is 13.2. The number of carbonyl (C=O) groups is 1. The summed E-state index contributed by atoms with van der Waals surface area (Å²) in [6, 6.07) is 3.96. The molecule has 0 radical (unpaired) electrons. The third-order valence-electron chi connectivity index (χ3n) is 2.71. The van der Waals surface area contributed by atoms with Gasteiger partial charge < -0.3 is 20.5 Å². The molecule has 3 N–H and O–H groups in total. The number of carbonyl (C=O) groups excluding carboxylic acids is 1. The summed E-state index contributed by atoms with van der Waals surface area (Å²) in [5.41, 5.74) is 5.90. The molecule has 1 atom stereocenters. The monoisotopic (exact) mass is 312 g/mol. The van der Waals surface area contributed by atoms with Gasteiger partial charge in [0, 0.05) is 18.2 Å². The molecule has 6 heteroatoms. The van der Waals surface area contributed by atoms with Crippen LogP contribution in [0.25, 0.3) is 0 Å². The second-order valence-electron chi connectivity index (χ2n) is 6.10. The Morgan fingerprint density at radius 2 is 2.09 bits per heavy atom. The van der Waals surface area contributed by atoms with Gasteiger partial charge in [0.15, 0.2) is 0 Å². The summed E-state index contributed by atoms with van der Waals surface area (Å²) in [6.45, 7) is 8.01. The number of ether oxygens (including phenoxy) is 2. The zero-order valence-corrected chi connectivity index (χ0v) is 13.6. The second kappa shape index (κ2) is 7.98. The number of nitrogens with one attached hydrogen (secondary N) is 1. The molecule has 0 aliphatic heterocycles. The predicted octanol–water partition coefficient (Wildman–Crippen LogP) is 3.14. The van der Waals surface area contributed by atoms with Crippen LogP contribution in [-0.2, 0) is 4.74 Å². The van der Waals surface area contributed by atoms with E-state index in [-0.39, 0.29) is 11.9 Å². The van der Waals surface area contributed by atoms with E-state index in [0.717, 1.165) is 0 Å². The number of rotatable bonds is 6. The Morgan fingerprint density at radius 1 is 1.41 bits per heavy atom. The molecule has 5 nitrogen and oxygen atoms in total. The lowest BCUT2D eigenvalue weighted by molar-refractivity contribution is 0.0525. The first kappa shape index (κ1) is 18.2. The van der Waals surface area contributed by atoms with E-state index in [9.17, 15) is 9.18 Å². The molecule has 0 aliphatic carbocycles. The van der Waals surface area contributed by atoms with Crippen molar-refractivity contribution in [2.24, 2.45) is 5.73 Å². The number of hydrogen-bond donors (Lipinski definition) is 2. The van der Waals surface area contributed by atoms with E-state index in [4.69, 9.17) is 15.2 Å². The zero-order chi connectivity index (χ0) is 16.8. The van der Waals surface area contributed by atoms with E-state index in [1.807, 2.05) is 0 Å². The Labute approximate surface area is 131 Å². The van der Waals surface area contributed by atoms with Crippen LogP contribution in [0.1, 0.15) is 45.7 Å². The highest BCUT2D eigenvalue weighted by Crippen LogP contribution is 2.24. The molecule has 0 heterocycles. The summed E-state index contributed by atoms with van der Waals surface area (Å²) in [5.74, 6) is 0.222. The largest absolute Gasteiger partial charge is 0.493 e. The van der Waals surface area contributed by atoms with Gasteiger partial charge in [0.1, 0.15) is 17.2 Å². The van der Waals surface area contributed by atoms with Crippen molar-refractivity contribution in [3.8, 4) is 5.75 Å². The summed E-state index contributed by atoms with van der Waals surface area (Å²) in [4.78, 5) is 11.4. The molecule has 0 aliphatic rings. The minimum atomic E-state index is -0.513. The highest BCUT2D eigenvalue weighted by atomic mass is 19.1. The maximum Gasteiger partial charge on any atom is 0.407 e. The molecule has 0 saturated carbocycles. The van der Waals surface area contributed by atoms with Crippen LogP contribution in [0.4, 0.5) is 9.18 Å². The fraction of sp³-hybridized carbons (Fsp3) is 0.562. The molecule has 1 unspecified atom stereocenters. The van der Waals surface area contributed by atoms with Crippen molar-refractivity contribution < 1.29 is 18.7 Å². The lowest BCUT2D eigenvalue weighted by Crippen LogP contribution is -2.33. The summed E-state index contributed by atoms with van der Waals surface area (Å²) < 4.78 is 23.9. The molecule has 1 aromatic carbocycles. The van der Waals surface area contributed by atoms with Crippen molar-refractivity contribution in [3.63, 3.8) is 0 Å². The topological polar surface area (TPSA) is 73.6 Å². The molecule has 124 valence electrons. The third-order valence-corrected chi connectivity index (χ3v) is 2.71. The van der Waals surface area contributed by atoms with Crippen molar-refractivity contribution in [1.29, 1.82) is 0 Å². The maximum atomic E-state index is 13.2. The van der Waals surface area contributed by atoms with Crippen LogP contribution in [0, 0.1) is 5.82 Å². The van der Waals surface area contributed by atoms with Crippen LogP contribution in [0.5, 0.6) is 5.75 Å². The van der Waals surface area contributed by atoms with E-state index in [1.165, 1.54) is 12.1 Å². The van der Waals surface area contributed by atoms with Crippen LogP contribution in [-0.4, -0.2) is 24.8 Å². The van der Waals surface area contributed by atoms with Gasteiger partial charge in [0.05, 0.1) is 6.61 Å². The van der Waals surface area contributed by atoms with Gasteiger partial charge in [-0.1, -0.05) is 0 Å². The van der Waals surface area contributed by atoms with Gasteiger partial charge in [-0.25, -0.2) is 9.18 Å². The average Bonchev–Trinajstić information content (AvgIpc) is 2.37. The number of benzene rings is 1. The normalized spacial score (nSPS) is 12.6. The highest BCUT2D eigenvalue weighted by Gasteiger charge is 2.15. The van der Waals surface area contributed by atoms with E-state index in [2.05, 4.69) is 5.32 Å². The summed E-state index contributed by atoms with van der Waals surface area (Å²) in [5, 5.41) is 2.65.